The molecule has 0 aromatic heterocycles. The summed E-state index contributed by atoms with van der Waals surface area (Å²) in [6.07, 6.45) is 1.44. The van der Waals surface area contributed by atoms with Crippen LogP contribution in [0.15, 0.2) is 24.3 Å². The Hall–Kier alpha value is -1.02. The predicted molar refractivity (Wildman–Crippen MR) is 62.9 cm³/mol. The van der Waals surface area contributed by atoms with Crippen LogP contribution in [0.4, 0.5) is 0 Å². The molecule has 15 heavy (non-hydrogen) atoms. The van der Waals surface area contributed by atoms with Crippen molar-refractivity contribution in [3.63, 3.8) is 0 Å². The van der Waals surface area contributed by atoms with Gasteiger partial charge in [-0.2, -0.15) is 0 Å². The highest BCUT2D eigenvalue weighted by molar-refractivity contribution is 6.30. The molecule has 2 nitrogen and oxygen atoms in total. The number of nitrogens with one attached hydrogen (secondary N) is 1. The Morgan fingerprint density at radius 1 is 1.53 bits per heavy atom. The maximum absolute atomic E-state index is 11.4. The molecule has 0 aliphatic rings. The Kier molecular flexibility index (Phi) is 4.63. The number of rotatable bonds is 4. The van der Waals surface area contributed by atoms with E-state index in [1.54, 1.807) is 0 Å². The third-order valence-electron chi connectivity index (χ3n) is 2.20. The van der Waals surface area contributed by atoms with E-state index in [0.717, 1.165) is 12.0 Å². The fourth-order valence-corrected chi connectivity index (χ4v) is 1.60. The van der Waals surface area contributed by atoms with Crippen LogP contribution >= 0.6 is 11.6 Å². The molecule has 1 N–H and O–H groups in total. The van der Waals surface area contributed by atoms with E-state index in [2.05, 4.69) is 5.32 Å². The second-order valence-corrected chi connectivity index (χ2v) is 4.03. The molecule has 1 rings (SSSR count). The zero-order valence-corrected chi connectivity index (χ0v) is 9.84. The first-order chi connectivity index (χ1) is 7.13. The first-order valence-corrected chi connectivity index (χ1v) is 5.56. The summed E-state index contributed by atoms with van der Waals surface area (Å²) in [7, 11) is 0. The largest absolute Gasteiger partial charge is 0.350 e. The third-order valence-corrected chi connectivity index (χ3v) is 2.44. The maximum Gasteiger partial charge on any atom is 0.220 e. The van der Waals surface area contributed by atoms with Crippen molar-refractivity contribution in [1.82, 2.24) is 5.32 Å². The van der Waals surface area contributed by atoms with Crippen molar-refractivity contribution in [2.45, 2.75) is 32.7 Å². The van der Waals surface area contributed by atoms with Gasteiger partial charge in [0.25, 0.3) is 0 Å². The van der Waals surface area contributed by atoms with Crippen molar-refractivity contribution in [1.29, 1.82) is 0 Å². The van der Waals surface area contributed by atoms with Crippen LogP contribution in [0.2, 0.25) is 5.02 Å². The van der Waals surface area contributed by atoms with Gasteiger partial charge in [0.15, 0.2) is 0 Å². The lowest BCUT2D eigenvalue weighted by Gasteiger charge is -2.14. The number of halogens is 1. The molecule has 3 heteroatoms. The van der Waals surface area contributed by atoms with Crippen molar-refractivity contribution >= 4 is 17.5 Å². The molecule has 0 saturated heterocycles. The molecular weight excluding hydrogens is 210 g/mol. The molecule has 1 aromatic rings. The highest BCUT2D eigenvalue weighted by Crippen LogP contribution is 2.17. The summed E-state index contributed by atoms with van der Waals surface area (Å²) in [4.78, 5) is 11.4. The van der Waals surface area contributed by atoms with Crippen LogP contribution in [0.5, 0.6) is 0 Å². The highest BCUT2D eigenvalue weighted by atomic mass is 35.5. The molecule has 82 valence electrons. The van der Waals surface area contributed by atoms with Crippen LogP contribution in [0.25, 0.3) is 0 Å². The molecule has 0 heterocycles. The van der Waals surface area contributed by atoms with Crippen LogP contribution < -0.4 is 5.32 Å². The molecule has 0 bridgehead atoms. The molecule has 1 aromatic carbocycles. The number of amides is 1. The smallest absolute Gasteiger partial charge is 0.220 e. The first-order valence-electron chi connectivity index (χ1n) is 5.18. The topological polar surface area (TPSA) is 29.1 Å². The molecule has 0 saturated carbocycles. The normalized spacial score (nSPS) is 12.2. The Morgan fingerprint density at radius 3 is 2.87 bits per heavy atom. The predicted octanol–water partition coefficient (Wildman–Crippen LogP) is 3.32. The molecular formula is C12H16ClNO. The second-order valence-electron chi connectivity index (χ2n) is 3.59. The van der Waals surface area contributed by atoms with Crippen LogP contribution in [0.3, 0.4) is 0 Å². The molecule has 0 radical (unpaired) electrons. The van der Waals surface area contributed by atoms with Crippen molar-refractivity contribution in [3.8, 4) is 0 Å². The van der Waals surface area contributed by atoms with Gasteiger partial charge in [-0.25, -0.2) is 0 Å². The number of benzene rings is 1. The van der Waals surface area contributed by atoms with Crippen LogP contribution in [0, 0.1) is 0 Å². The standard InChI is InChI=1S/C12H16ClNO/c1-3-5-12(15)14-9(2)10-6-4-7-11(13)8-10/h4,6-9H,3,5H2,1-2H3,(H,14,15). The van der Waals surface area contributed by atoms with Gasteiger partial charge in [-0.1, -0.05) is 30.7 Å². The average Bonchev–Trinajstić information content (AvgIpc) is 2.18. The van der Waals surface area contributed by atoms with Gasteiger partial charge in [-0.05, 0) is 31.0 Å². The Morgan fingerprint density at radius 2 is 2.27 bits per heavy atom. The average molecular weight is 226 g/mol. The lowest BCUT2D eigenvalue weighted by molar-refractivity contribution is -0.121. The van der Waals surface area contributed by atoms with Crippen molar-refractivity contribution in [2.24, 2.45) is 0 Å². The zero-order chi connectivity index (χ0) is 11.3. The Bertz CT molecular complexity index is 338. The van der Waals surface area contributed by atoms with Gasteiger partial charge in [-0.15, -0.1) is 0 Å². The number of carbonyl (C=O) groups excluding carboxylic acids is 1. The first kappa shape index (κ1) is 12.1. The van der Waals surface area contributed by atoms with E-state index in [9.17, 15) is 4.79 Å². The van der Waals surface area contributed by atoms with Gasteiger partial charge < -0.3 is 5.32 Å². The minimum absolute atomic E-state index is 0.0164. The van der Waals surface area contributed by atoms with E-state index >= 15 is 0 Å². The summed E-state index contributed by atoms with van der Waals surface area (Å²) < 4.78 is 0. The van der Waals surface area contributed by atoms with Gasteiger partial charge in [-0.3, -0.25) is 4.79 Å². The number of hydrogen-bond acceptors (Lipinski definition) is 1. The fraction of sp³-hybridized carbons (Fsp3) is 0.417. The van der Waals surface area contributed by atoms with Gasteiger partial charge >= 0.3 is 0 Å². The van der Waals surface area contributed by atoms with Gasteiger partial charge in [0.05, 0.1) is 6.04 Å². The van der Waals surface area contributed by atoms with Gasteiger partial charge in [0.2, 0.25) is 5.91 Å². The maximum atomic E-state index is 11.4. The van der Waals surface area contributed by atoms with E-state index < -0.39 is 0 Å². The molecule has 1 unspecified atom stereocenters. The Labute approximate surface area is 95.6 Å². The molecule has 0 aliphatic carbocycles. The molecule has 0 fully saturated rings. The summed E-state index contributed by atoms with van der Waals surface area (Å²) in [5.41, 5.74) is 1.03. The quantitative estimate of drug-likeness (QED) is 0.837. The van der Waals surface area contributed by atoms with Gasteiger partial charge in [0.1, 0.15) is 0 Å². The number of hydrogen-bond donors (Lipinski definition) is 1. The zero-order valence-electron chi connectivity index (χ0n) is 9.09. The van der Waals surface area contributed by atoms with Crippen molar-refractivity contribution in [2.75, 3.05) is 0 Å². The number of carbonyl (C=O) groups is 1. The van der Waals surface area contributed by atoms with Crippen molar-refractivity contribution in [3.05, 3.63) is 34.9 Å². The van der Waals surface area contributed by atoms with E-state index in [1.165, 1.54) is 0 Å². The molecule has 0 spiro atoms. The van der Waals surface area contributed by atoms with Crippen LogP contribution in [-0.2, 0) is 4.79 Å². The van der Waals surface area contributed by atoms with Crippen LogP contribution in [0.1, 0.15) is 38.3 Å². The second kappa shape index (κ2) is 5.76. The Balaban J connectivity index is 2.60. The SMILES string of the molecule is CCCC(=O)NC(C)c1cccc(Cl)c1. The van der Waals surface area contributed by atoms with Crippen molar-refractivity contribution < 1.29 is 4.79 Å². The summed E-state index contributed by atoms with van der Waals surface area (Å²) in [5.74, 6) is 0.0879. The summed E-state index contributed by atoms with van der Waals surface area (Å²) >= 11 is 5.87. The molecule has 1 amide bonds. The minimum Gasteiger partial charge on any atom is -0.350 e. The van der Waals surface area contributed by atoms with Gasteiger partial charge in [0, 0.05) is 11.4 Å². The molecule has 0 aliphatic heterocycles. The third kappa shape index (κ3) is 3.92. The monoisotopic (exact) mass is 225 g/mol. The summed E-state index contributed by atoms with van der Waals surface area (Å²) in [5, 5.41) is 3.62. The summed E-state index contributed by atoms with van der Waals surface area (Å²) in [6.45, 7) is 3.95. The van der Waals surface area contributed by atoms with E-state index in [1.807, 2.05) is 38.1 Å². The van der Waals surface area contributed by atoms with Crippen LogP contribution in [-0.4, -0.2) is 5.91 Å². The van der Waals surface area contributed by atoms with E-state index in [0.29, 0.717) is 11.4 Å². The fourth-order valence-electron chi connectivity index (χ4n) is 1.40. The van der Waals surface area contributed by atoms with E-state index in [4.69, 9.17) is 11.6 Å². The minimum atomic E-state index is 0.0164. The lowest BCUT2D eigenvalue weighted by Crippen LogP contribution is -2.26. The molecule has 1 atom stereocenters. The highest BCUT2D eigenvalue weighted by Gasteiger charge is 2.08. The lowest BCUT2D eigenvalue weighted by atomic mass is 10.1. The van der Waals surface area contributed by atoms with E-state index in [-0.39, 0.29) is 11.9 Å². The summed E-state index contributed by atoms with van der Waals surface area (Å²) in [6, 6.07) is 7.57.